The Bertz CT molecular complexity index is 722. The van der Waals surface area contributed by atoms with E-state index in [4.69, 9.17) is 5.73 Å². The highest BCUT2D eigenvalue weighted by molar-refractivity contribution is 5.87. The average molecular weight is 416 g/mol. The van der Waals surface area contributed by atoms with Crippen LogP contribution in [0, 0.1) is 0 Å². The Morgan fingerprint density at radius 2 is 1.78 bits per heavy atom. The van der Waals surface area contributed by atoms with Gasteiger partial charge >= 0.3 is 0 Å². The van der Waals surface area contributed by atoms with Gasteiger partial charge < -0.3 is 20.1 Å². The quantitative estimate of drug-likeness (QED) is 0.735. The highest BCUT2D eigenvalue weighted by atomic mass is 35.5. The summed E-state index contributed by atoms with van der Waals surface area (Å²) in [5.74, 6) is -0.414. The van der Waals surface area contributed by atoms with Crippen molar-refractivity contribution in [3.63, 3.8) is 0 Å². The molecule has 150 valence electrons. The van der Waals surface area contributed by atoms with E-state index in [2.05, 4.69) is 4.98 Å². The summed E-state index contributed by atoms with van der Waals surface area (Å²) >= 11 is 0. The third-order valence-electron chi connectivity index (χ3n) is 3.89. The standard InChI is InChI=1S/C18H25N5O2.2ClH/c1-21(2)17(24)12-22(3)18(25)16(19)9-15-11-23(13-20-15)10-14-7-5-4-6-8-14;;/h4-8,11,13,16H,9-10,12,19H2,1-3H3;2*1H/t16-;;/m0../s1. The van der Waals surface area contributed by atoms with E-state index in [0.717, 1.165) is 5.69 Å². The number of imidazole rings is 1. The van der Waals surface area contributed by atoms with Gasteiger partial charge in [-0.25, -0.2) is 4.98 Å². The molecule has 0 unspecified atom stereocenters. The first-order valence-corrected chi connectivity index (χ1v) is 8.12. The van der Waals surface area contributed by atoms with Crippen LogP contribution < -0.4 is 5.73 Å². The molecule has 7 nitrogen and oxygen atoms in total. The lowest BCUT2D eigenvalue weighted by Crippen LogP contribution is -2.46. The minimum absolute atomic E-state index is 0. The van der Waals surface area contributed by atoms with Gasteiger partial charge in [-0.3, -0.25) is 9.59 Å². The molecule has 2 aromatic rings. The van der Waals surface area contributed by atoms with Gasteiger partial charge in [0.2, 0.25) is 11.8 Å². The zero-order valence-electron chi connectivity index (χ0n) is 15.7. The van der Waals surface area contributed by atoms with E-state index in [-0.39, 0.29) is 43.2 Å². The number of amides is 2. The molecule has 1 heterocycles. The van der Waals surface area contributed by atoms with Crippen molar-refractivity contribution in [1.29, 1.82) is 0 Å². The van der Waals surface area contributed by atoms with Crippen LogP contribution in [0.2, 0.25) is 0 Å². The van der Waals surface area contributed by atoms with Gasteiger partial charge in [0.15, 0.2) is 0 Å². The number of hydrogen-bond acceptors (Lipinski definition) is 4. The van der Waals surface area contributed by atoms with E-state index in [0.29, 0.717) is 13.0 Å². The van der Waals surface area contributed by atoms with E-state index >= 15 is 0 Å². The van der Waals surface area contributed by atoms with E-state index < -0.39 is 6.04 Å². The molecule has 0 saturated carbocycles. The second-order valence-electron chi connectivity index (χ2n) is 6.32. The molecule has 1 aromatic carbocycles. The molecule has 0 aliphatic carbocycles. The zero-order valence-corrected chi connectivity index (χ0v) is 17.4. The predicted octanol–water partition coefficient (Wildman–Crippen LogP) is 1.19. The number of halogens is 2. The molecule has 0 bridgehead atoms. The molecule has 2 amide bonds. The van der Waals surface area contributed by atoms with Gasteiger partial charge in [0.05, 0.1) is 24.6 Å². The molecule has 1 aromatic heterocycles. The summed E-state index contributed by atoms with van der Waals surface area (Å²) in [5, 5.41) is 0. The van der Waals surface area contributed by atoms with Crippen molar-refractivity contribution in [3.8, 4) is 0 Å². The van der Waals surface area contributed by atoms with Crippen molar-refractivity contribution < 1.29 is 9.59 Å². The third kappa shape index (κ3) is 7.58. The molecule has 1 atom stereocenters. The van der Waals surface area contributed by atoms with Gasteiger partial charge in [-0.15, -0.1) is 24.8 Å². The van der Waals surface area contributed by atoms with Gasteiger partial charge in [-0.05, 0) is 5.56 Å². The molecule has 2 N–H and O–H groups in total. The number of carbonyl (C=O) groups is 2. The summed E-state index contributed by atoms with van der Waals surface area (Å²) in [6, 6.07) is 9.33. The smallest absolute Gasteiger partial charge is 0.241 e. The van der Waals surface area contributed by atoms with Gasteiger partial charge in [-0.2, -0.15) is 0 Å². The third-order valence-corrected chi connectivity index (χ3v) is 3.89. The molecular formula is C18H27Cl2N5O2. The maximum Gasteiger partial charge on any atom is 0.241 e. The van der Waals surface area contributed by atoms with Gasteiger partial charge in [0.1, 0.15) is 0 Å². The number of carbonyl (C=O) groups excluding carboxylic acids is 2. The van der Waals surface area contributed by atoms with Crippen molar-refractivity contribution in [1.82, 2.24) is 19.4 Å². The minimum atomic E-state index is -0.722. The molecule has 2 rings (SSSR count). The Balaban J connectivity index is 0.00000338. The molecule has 27 heavy (non-hydrogen) atoms. The van der Waals surface area contributed by atoms with Crippen molar-refractivity contribution in [2.75, 3.05) is 27.7 Å². The van der Waals surface area contributed by atoms with Crippen LogP contribution in [0.3, 0.4) is 0 Å². The van der Waals surface area contributed by atoms with Crippen LogP contribution in [-0.4, -0.2) is 64.9 Å². The highest BCUT2D eigenvalue weighted by Gasteiger charge is 2.21. The number of nitrogens with two attached hydrogens (primary N) is 1. The zero-order chi connectivity index (χ0) is 18.4. The van der Waals surface area contributed by atoms with Crippen molar-refractivity contribution in [2.45, 2.75) is 19.0 Å². The Kier molecular flexibility index (Phi) is 10.7. The van der Waals surface area contributed by atoms with Crippen LogP contribution >= 0.6 is 24.8 Å². The van der Waals surface area contributed by atoms with Crippen LogP contribution in [0.15, 0.2) is 42.9 Å². The Labute approximate surface area is 172 Å². The topological polar surface area (TPSA) is 84.5 Å². The number of aromatic nitrogens is 2. The van der Waals surface area contributed by atoms with Crippen LogP contribution in [0.1, 0.15) is 11.3 Å². The lowest BCUT2D eigenvalue weighted by Gasteiger charge is -2.22. The van der Waals surface area contributed by atoms with E-state index in [1.165, 1.54) is 15.4 Å². The van der Waals surface area contributed by atoms with Crippen LogP contribution in [0.4, 0.5) is 0 Å². The summed E-state index contributed by atoms with van der Waals surface area (Å²) in [6.07, 6.45) is 3.96. The average Bonchev–Trinajstić information content (AvgIpc) is 3.01. The second-order valence-corrected chi connectivity index (χ2v) is 6.32. The Morgan fingerprint density at radius 3 is 2.37 bits per heavy atom. The molecule has 0 saturated heterocycles. The molecule has 0 fully saturated rings. The summed E-state index contributed by atoms with van der Waals surface area (Å²) in [7, 11) is 4.89. The number of likely N-dealkylation sites (N-methyl/N-ethyl adjacent to an activating group) is 2. The van der Waals surface area contributed by atoms with Crippen LogP contribution in [-0.2, 0) is 22.6 Å². The second kappa shape index (κ2) is 11.6. The summed E-state index contributed by atoms with van der Waals surface area (Å²) in [4.78, 5) is 31.1. The highest BCUT2D eigenvalue weighted by Crippen LogP contribution is 2.06. The summed E-state index contributed by atoms with van der Waals surface area (Å²) in [5.41, 5.74) is 7.93. The SMILES string of the molecule is CN(C)C(=O)CN(C)C(=O)[C@@H](N)Cc1cn(Cc2ccccc2)cn1.Cl.Cl. The summed E-state index contributed by atoms with van der Waals surface area (Å²) in [6.45, 7) is 0.732. The lowest BCUT2D eigenvalue weighted by molar-refractivity contribution is -0.138. The fourth-order valence-corrected chi connectivity index (χ4v) is 2.41. The monoisotopic (exact) mass is 415 g/mol. The van der Waals surface area contributed by atoms with Gasteiger partial charge in [-0.1, -0.05) is 30.3 Å². The normalized spacial score (nSPS) is 11.0. The molecular weight excluding hydrogens is 389 g/mol. The van der Waals surface area contributed by atoms with Crippen LogP contribution in [0.25, 0.3) is 0 Å². The van der Waals surface area contributed by atoms with Crippen LogP contribution in [0.5, 0.6) is 0 Å². The molecule has 0 spiro atoms. The fourth-order valence-electron chi connectivity index (χ4n) is 2.41. The fraction of sp³-hybridized carbons (Fsp3) is 0.389. The molecule has 0 aliphatic heterocycles. The Morgan fingerprint density at radius 1 is 1.15 bits per heavy atom. The van der Waals surface area contributed by atoms with Crippen molar-refractivity contribution in [3.05, 3.63) is 54.1 Å². The largest absolute Gasteiger partial charge is 0.347 e. The number of benzene rings is 1. The number of hydrogen-bond donors (Lipinski definition) is 1. The van der Waals surface area contributed by atoms with Crippen molar-refractivity contribution in [2.24, 2.45) is 5.73 Å². The van der Waals surface area contributed by atoms with Gasteiger partial charge in [0, 0.05) is 40.3 Å². The minimum Gasteiger partial charge on any atom is -0.347 e. The van der Waals surface area contributed by atoms with Gasteiger partial charge in [0.25, 0.3) is 0 Å². The lowest BCUT2D eigenvalue weighted by atomic mass is 10.1. The number of rotatable bonds is 7. The molecule has 0 radical (unpaired) electrons. The van der Waals surface area contributed by atoms with Crippen molar-refractivity contribution >= 4 is 36.6 Å². The maximum atomic E-state index is 12.3. The number of nitrogens with zero attached hydrogens (tertiary/aromatic N) is 4. The Hall–Kier alpha value is -2.09. The first-order valence-electron chi connectivity index (χ1n) is 8.12. The first kappa shape index (κ1) is 24.9. The first-order chi connectivity index (χ1) is 11.9. The van der Waals surface area contributed by atoms with E-state index in [1.54, 1.807) is 27.5 Å². The molecule has 0 aliphatic rings. The maximum absolute atomic E-state index is 12.3. The summed E-state index contributed by atoms with van der Waals surface area (Å²) < 4.78 is 1.96. The van der Waals surface area contributed by atoms with E-state index in [9.17, 15) is 9.59 Å². The van der Waals surface area contributed by atoms with E-state index in [1.807, 2.05) is 41.1 Å². The predicted molar refractivity (Wildman–Crippen MR) is 110 cm³/mol. The molecule has 9 heteroatoms.